The summed E-state index contributed by atoms with van der Waals surface area (Å²) in [6.45, 7) is 1.09. The van der Waals surface area contributed by atoms with E-state index in [4.69, 9.17) is 0 Å². The highest BCUT2D eigenvalue weighted by Gasteiger charge is 2.39. The first-order valence-electron chi connectivity index (χ1n) is 7.08. The Hall–Kier alpha value is -1.01. The molecule has 3 unspecified atom stereocenters. The van der Waals surface area contributed by atoms with Gasteiger partial charge in [0.15, 0.2) is 0 Å². The van der Waals surface area contributed by atoms with Gasteiger partial charge in [0.25, 0.3) is 0 Å². The van der Waals surface area contributed by atoms with Gasteiger partial charge in [0, 0.05) is 18.1 Å². The van der Waals surface area contributed by atoms with E-state index in [1.54, 1.807) is 0 Å². The van der Waals surface area contributed by atoms with Crippen LogP contribution in [-0.2, 0) is 0 Å². The van der Waals surface area contributed by atoms with E-state index in [2.05, 4.69) is 40.0 Å². The molecule has 2 nitrogen and oxygen atoms in total. The van der Waals surface area contributed by atoms with Crippen molar-refractivity contribution in [2.45, 2.75) is 25.7 Å². The fourth-order valence-corrected chi connectivity index (χ4v) is 4.44. The molecule has 0 heterocycles. The monoisotopic (exact) mass is 318 g/mol. The predicted octanol–water partition coefficient (Wildman–Crippen LogP) is 4.19. The van der Waals surface area contributed by atoms with E-state index in [1.165, 1.54) is 25.7 Å². The lowest BCUT2D eigenvalue weighted by Gasteiger charge is -2.29. The van der Waals surface area contributed by atoms with Gasteiger partial charge in [-0.25, -0.2) is 0 Å². The van der Waals surface area contributed by atoms with Crippen LogP contribution in [0, 0.1) is 29.1 Å². The maximum absolute atomic E-state index is 9.31. The highest BCUT2D eigenvalue weighted by molar-refractivity contribution is 9.10. The molecule has 0 saturated heterocycles. The van der Waals surface area contributed by atoms with E-state index in [-0.39, 0.29) is 0 Å². The van der Waals surface area contributed by atoms with Crippen molar-refractivity contribution >= 4 is 21.6 Å². The Labute approximate surface area is 123 Å². The third kappa shape index (κ3) is 2.39. The number of fused-ring (bicyclic) bond motifs is 2. The van der Waals surface area contributed by atoms with Gasteiger partial charge >= 0.3 is 0 Å². The molecule has 100 valence electrons. The third-order valence-corrected chi connectivity index (χ3v) is 5.57. The van der Waals surface area contributed by atoms with Crippen molar-refractivity contribution in [1.82, 2.24) is 0 Å². The lowest BCUT2D eigenvalue weighted by molar-refractivity contribution is 0.337. The van der Waals surface area contributed by atoms with E-state index >= 15 is 0 Å². The number of benzene rings is 1. The zero-order valence-corrected chi connectivity index (χ0v) is 12.9. The summed E-state index contributed by atoms with van der Waals surface area (Å²) >= 11 is 3.47. The van der Waals surface area contributed by atoms with Gasteiger partial charge in [-0.15, -0.1) is 0 Å². The molecular weight excluding hydrogens is 300 g/mol. The number of halogens is 1. The molecule has 3 heteroatoms. The molecule has 0 radical (unpaired) electrons. The molecule has 2 fully saturated rings. The van der Waals surface area contributed by atoms with Crippen molar-refractivity contribution in [3.8, 4) is 6.07 Å². The lowest BCUT2D eigenvalue weighted by Crippen LogP contribution is -2.29. The summed E-state index contributed by atoms with van der Waals surface area (Å²) in [6.07, 6.45) is 5.71. The molecule has 2 aliphatic rings. The second-order valence-corrected chi connectivity index (χ2v) is 6.92. The van der Waals surface area contributed by atoms with Gasteiger partial charge in [-0.3, -0.25) is 0 Å². The highest BCUT2D eigenvalue weighted by Crippen LogP contribution is 2.48. The number of nitriles is 1. The highest BCUT2D eigenvalue weighted by atomic mass is 79.9. The Morgan fingerprint density at radius 1 is 1.37 bits per heavy atom. The fourth-order valence-electron chi connectivity index (χ4n) is 3.99. The first kappa shape index (κ1) is 13.0. The number of rotatable bonds is 3. The van der Waals surface area contributed by atoms with Crippen LogP contribution in [0.4, 0.5) is 5.69 Å². The average Bonchev–Trinajstić information content (AvgIpc) is 3.00. The fraction of sp³-hybridized carbons (Fsp3) is 0.562. The minimum absolute atomic E-state index is 0.758. The first-order chi connectivity index (χ1) is 9.19. The minimum atomic E-state index is 0.758. The van der Waals surface area contributed by atoms with E-state index in [0.29, 0.717) is 0 Å². The summed E-state index contributed by atoms with van der Waals surface area (Å²) in [5, 5.41) is 9.31. The number of hydrogen-bond donors (Lipinski definition) is 0. The van der Waals surface area contributed by atoms with Crippen LogP contribution in [0.1, 0.15) is 31.2 Å². The first-order valence-corrected chi connectivity index (χ1v) is 7.88. The van der Waals surface area contributed by atoms with Crippen LogP contribution in [-0.4, -0.2) is 13.6 Å². The van der Waals surface area contributed by atoms with Crippen molar-refractivity contribution in [3.05, 3.63) is 28.2 Å². The Bertz CT molecular complexity index is 520. The summed E-state index contributed by atoms with van der Waals surface area (Å²) in [5.74, 6) is 2.75. The van der Waals surface area contributed by atoms with E-state index < -0.39 is 0 Å². The van der Waals surface area contributed by atoms with Crippen LogP contribution in [0.5, 0.6) is 0 Å². The molecule has 2 bridgehead atoms. The van der Waals surface area contributed by atoms with Gasteiger partial charge in [0.1, 0.15) is 6.07 Å². The lowest BCUT2D eigenvalue weighted by atomic mass is 9.88. The van der Waals surface area contributed by atoms with Crippen molar-refractivity contribution < 1.29 is 0 Å². The van der Waals surface area contributed by atoms with Crippen LogP contribution >= 0.6 is 15.9 Å². The summed E-state index contributed by atoms with van der Waals surface area (Å²) in [5.41, 5.74) is 1.81. The van der Waals surface area contributed by atoms with Crippen molar-refractivity contribution in [3.63, 3.8) is 0 Å². The Balaban J connectivity index is 1.76. The predicted molar refractivity (Wildman–Crippen MR) is 81.1 cm³/mol. The molecule has 3 rings (SSSR count). The topological polar surface area (TPSA) is 27.0 Å². The zero-order chi connectivity index (χ0) is 13.4. The van der Waals surface area contributed by atoms with Crippen LogP contribution in [0.2, 0.25) is 0 Å². The summed E-state index contributed by atoms with van der Waals surface area (Å²) in [6, 6.07) is 8.32. The molecule has 3 atom stereocenters. The number of hydrogen-bond acceptors (Lipinski definition) is 2. The van der Waals surface area contributed by atoms with Crippen LogP contribution in [0.25, 0.3) is 0 Å². The quantitative estimate of drug-likeness (QED) is 0.835. The number of anilines is 1. The second kappa shape index (κ2) is 5.17. The largest absolute Gasteiger partial charge is 0.373 e. The second-order valence-electron chi connectivity index (χ2n) is 6.06. The summed E-state index contributed by atoms with van der Waals surface area (Å²) < 4.78 is 0.896. The molecule has 0 aliphatic heterocycles. The maximum atomic E-state index is 9.31. The average molecular weight is 319 g/mol. The van der Waals surface area contributed by atoms with E-state index in [9.17, 15) is 5.26 Å². The summed E-state index contributed by atoms with van der Waals surface area (Å²) in [4.78, 5) is 2.27. The molecule has 19 heavy (non-hydrogen) atoms. The van der Waals surface area contributed by atoms with Crippen LogP contribution in [0.3, 0.4) is 0 Å². The Morgan fingerprint density at radius 2 is 2.21 bits per heavy atom. The van der Waals surface area contributed by atoms with E-state index in [1.807, 2.05) is 12.1 Å². The molecule has 0 spiro atoms. The van der Waals surface area contributed by atoms with Gasteiger partial charge < -0.3 is 4.90 Å². The Morgan fingerprint density at radius 3 is 2.84 bits per heavy atom. The normalized spacial score (nSPS) is 28.4. The molecule has 1 aromatic carbocycles. The van der Waals surface area contributed by atoms with Crippen molar-refractivity contribution in [2.75, 3.05) is 18.5 Å². The van der Waals surface area contributed by atoms with Gasteiger partial charge in [0.05, 0.1) is 11.3 Å². The SMILES string of the molecule is CN(CC1CC2CCC1C2)c1cccc(Br)c1C#N. The molecular formula is C16H19BrN2. The molecule has 0 amide bonds. The van der Waals surface area contributed by atoms with E-state index in [0.717, 1.165) is 40.0 Å². The van der Waals surface area contributed by atoms with Crippen LogP contribution < -0.4 is 4.90 Å². The standard InChI is InChI=1S/C16H19BrN2/c1-19(10-13-8-11-5-6-12(13)7-11)16-4-2-3-15(17)14(16)9-18/h2-4,11-13H,5-8,10H2,1H3. The third-order valence-electron chi connectivity index (χ3n) is 4.91. The Kier molecular flexibility index (Phi) is 3.54. The molecule has 0 aromatic heterocycles. The van der Waals surface area contributed by atoms with Gasteiger partial charge in [-0.05, 0) is 65.1 Å². The van der Waals surface area contributed by atoms with Crippen molar-refractivity contribution in [2.24, 2.45) is 17.8 Å². The van der Waals surface area contributed by atoms with Crippen molar-refractivity contribution in [1.29, 1.82) is 5.26 Å². The minimum Gasteiger partial charge on any atom is -0.373 e. The number of nitrogens with zero attached hydrogens (tertiary/aromatic N) is 2. The summed E-state index contributed by atoms with van der Waals surface area (Å²) in [7, 11) is 2.12. The molecule has 2 aliphatic carbocycles. The van der Waals surface area contributed by atoms with Gasteiger partial charge in [-0.2, -0.15) is 5.26 Å². The molecule has 0 N–H and O–H groups in total. The zero-order valence-electron chi connectivity index (χ0n) is 11.3. The van der Waals surface area contributed by atoms with Gasteiger partial charge in [-0.1, -0.05) is 12.5 Å². The molecule has 2 saturated carbocycles. The molecule has 1 aromatic rings. The van der Waals surface area contributed by atoms with Gasteiger partial charge in [0.2, 0.25) is 0 Å². The smallest absolute Gasteiger partial charge is 0.103 e. The van der Waals surface area contributed by atoms with Crippen LogP contribution in [0.15, 0.2) is 22.7 Å². The maximum Gasteiger partial charge on any atom is 0.103 e.